The van der Waals surface area contributed by atoms with Gasteiger partial charge in [0, 0.05) is 5.54 Å². The van der Waals surface area contributed by atoms with E-state index in [-0.39, 0.29) is 5.54 Å². The van der Waals surface area contributed by atoms with E-state index < -0.39 is 0 Å². The summed E-state index contributed by atoms with van der Waals surface area (Å²) >= 11 is 0. The summed E-state index contributed by atoms with van der Waals surface area (Å²) in [5.74, 6) is 1.52. The van der Waals surface area contributed by atoms with Gasteiger partial charge in [0.15, 0.2) is 0 Å². The van der Waals surface area contributed by atoms with Crippen molar-refractivity contribution in [3.8, 4) is 0 Å². The molecule has 0 aromatic carbocycles. The Morgan fingerprint density at radius 3 is 2.41 bits per heavy atom. The van der Waals surface area contributed by atoms with Gasteiger partial charge < -0.3 is 5.73 Å². The lowest BCUT2D eigenvalue weighted by molar-refractivity contribution is 0.0705. The molecule has 1 heteroatoms. The maximum Gasteiger partial charge on any atom is 0.0187 e. The highest BCUT2D eigenvalue weighted by molar-refractivity contribution is 4.98. The van der Waals surface area contributed by atoms with Crippen LogP contribution in [0.5, 0.6) is 0 Å². The van der Waals surface area contributed by atoms with Gasteiger partial charge in [-0.3, -0.25) is 0 Å². The van der Waals surface area contributed by atoms with Gasteiger partial charge in [0.2, 0.25) is 0 Å². The van der Waals surface area contributed by atoms with Crippen molar-refractivity contribution in [2.45, 2.75) is 85.1 Å². The molecule has 2 N–H and O–H groups in total. The Morgan fingerprint density at radius 2 is 1.88 bits per heavy atom. The quantitative estimate of drug-likeness (QED) is 0.753. The summed E-state index contributed by atoms with van der Waals surface area (Å²) in [4.78, 5) is 0. The van der Waals surface area contributed by atoms with Crippen molar-refractivity contribution in [3.63, 3.8) is 0 Å². The molecule has 0 aromatic heterocycles. The molecule has 0 saturated heterocycles. The largest absolute Gasteiger partial charge is 0.325 e. The first-order valence-corrected chi connectivity index (χ1v) is 7.54. The van der Waals surface area contributed by atoms with Gasteiger partial charge in [-0.1, -0.05) is 60.3 Å². The summed E-state index contributed by atoms with van der Waals surface area (Å²) in [6.07, 6.45) is 9.16. The van der Waals surface area contributed by atoms with E-state index in [4.69, 9.17) is 5.73 Å². The maximum absolute atomic E-state index is 6.78. The van der Waals surface area contributed by atoms with Crippen LogP contribution in [0, 0.1) is 17.3 Å². The van der Waals surface area contributed by atoms with E-state index >= 15 is 0 Å². The first kappa shape index (κ1) is 15.0. The van der Waals surface area contributed by atoms with Crippen LogP contribution in [0.25, 0.3) is 0 Å². The van der Waals surface area contributed by atoms with Gasteiger partial charge in [-0.25, -0.2) is 0 Å². The molecule has 1 aliphatic carbocycles. The molecule has 0 heterocycles. The average molecular weight is 239 g/mol. The molecular weight excluding hydrogens is 206 g/mol. The third kappa shape index (κ3) is 4.28. The topological polar surface area (TPSA) is 26.0 Å². The van der Waals surface area contributed by atoms with Crippen LogP contribution >= 0.6 is 0 Å². The fourth-order valence-corrected chi connectivity index (χ4v) is 3.70. The predicted octanol–water partition coefficient (Wildman–Crippen LogP) is 4.75. The van der Waals surface area contributed by atoms with Gasteiger partial charge in [0.25, 0.3) is 0 Å². The van der Waals surface area contributed by atoms with E-state index in [0.29, 0.717) is 11.3 Å². The molecule has 1 aliphatic rings. The van der Waals surface area contributed by atoms with Crippen molar-refractivity contribution in [1.82, 2.24) is 0 Å². The van der Waals surface area contributed by atoms with Gasteiger partial charge in [-0.05, 0) is 36.5 Å². The van der Waals surface area contributed by atoms with Gasteiger partial charge in [-0.2, -0.15) is 0 Å². The minimum atomic E-state index is 0.116. The molecule has 1 fully saturated rings. The number of hydrogen-bond acceptors (Lipinski definition) is 1. The Bertz CT molecular complexity index is 226. The highest BCUT2D eigenvalue weighted by Gasteiger charge is 2.42. The Balaban J connectivity index is 2.61. The smallest absolute Gasteiger partial charge is 0.0187 e. The molecule has 2 unspecified atom stereocenters. The molecule has 1 rings (SSSR count). The molecule has 0 amide bonds. The van der Waals surface area contributed by atoms with Crippen LogP contribution in [0.4, 0.5) is 0 Å². The van der Waals surface area contributed by atoms with Crippen molar-refractivity contribution >= 4 is 0 Å². The Morgan fingerprint density at radius 1 is 1.24 bits per heavy atom. The zero-order valence-electron chi connectivity index (χ0n) is 12.7. The summed E-state index contributed by atoms with van der Waals surface area (Å²) in [6.45, 7) is 11.7. The van der Waals surface area contributed by atoms with Gasteiger partial charge in [-0.15, -0.1) is 0 Å². The predicted molar refractivity (Wildman–Crippen MR) is 77.0 cm³/mol. The maximum atomic E-state index is 6.78. The molecule has 2 atom stereocenters. The second kappa shape index (κ2) is 5.73. The standard InChI is InChI=1S/C16H33N/c1-13(2)9-8-12-16(17)11-7-6-10-14(16)15(3,4)5/h13-14H,6-12,17H2,1-5H3. The van der Waals surface area contributed by atoms with Crippen molar-refractivity contribution in [1.29, 1.82) is 0 Å². The molecule has 17 heavy (non-hydrogen) atoms. The van der Waals surface area contributed by atoms with Crippen LogP contribution in [-0.4, -0.2) is 5.54 Å². The van der Waals surface area contributed by atoms with E-state index in [1.165, 1.54) is 44.9 Å². The molecule has 0 aromatic rings. The Kier molecular flexibility index (Phi) is 5.07. The summed E-state index contributed by atoms with van der Waals surface area (Å²) in [5.41, 5.74) is 7.26. The fourth-order valence-electron chi connectivity index (χ4n) is 3.70. The third-order valence-corrected chi connectivity index (χ3v) is 4.55. The highest BCUT2D eigenvalue weighted by atomic mass is 14.8. The monoisotopic (exact) mass is 239 g/mol. The van der Waals surface area contributed by atoms with Crippen LogP contribution in [0.2, 0.25) is 0 Å². The second-order valence-corrected chi connectivity index (χ2v) is 7.68. The molecule has 0 bridgehead atoms. The second-order valence-electron chi connectivity index (χ2n) is 7.68. The molecule has 1 saturated carbocycles. The van der Waals surface area contributed by atoms with Gasteiger partial charge >= 0.3 is 0 Å². The van der Waals surface area contributed by atoms with E-state index in [1.54, 1.807) is 0 Å². The SMILES string of the molecule is CC(C)CCCC1(N)CCCCC1C(C)(C)C. The van der Waals surface area contributed by atoms with Gasteiger partial charge in [0.1, 0.15) is 0 Å². The zero-order valence-corrected chi connectivity index (χ0v) is 12.7. The lowest BCUT2D eigenvalue weighted by Crippen LogP contribution is -2.53. The van der Waals surface area contributed by atoms with Crippen molar-refractivity contribution in [3.05, 3.63) is 0 Å². The molecule has 102 valence electrons. The summed E-state index contributed by atoms with van der Waals surface area (Å²) in [5, 5.41) is 0. The zero-order chi connectivity index (χ0) is 13.1. The first-order valence-electron chi connectivity index (χ1n) is 7.54. The molecule has 1 nitrogen and oxygen atoms in total. The van der Waals surface area contributed by atoms with Crippen LogP contribution < -0.4 is 5.73 Å². The van der Waals surface area contributed by atoms with E-state index in [9.17, 15) is 0 Å². The lowest BCUT2D eigenvalue weighted by atomic mass is 9.61. The lowest BCUT2D eigenvalue weighted by Gasteiger charge is -2.48. The number of rotatable bonds is 4. The average Bonchev–Trinajstić information content (AvgIpc) is 2.15. The molecule has 0 radical (unpaired) electrons. The summed E-state index contributed by atoms with van der Waals surface area (Å²) < 4.78 is 0. The normalized spacial score (nSPS) is 30.9. The summed E-state index contributed by atoms with van der Waals surface area (Å²) in [7, 11) is 0. The van der Waals surface area contributed by atoms with E-state index in [2.05, 4.69) is 34.6 Å². The van der Waals surface area contributed by atoms with Crippen LogP contribution in [0.3, 0.4) is 0 Å². The number of nitrogens with two attached hydrogens (primary N) is 1. The van der Waals surface area contributed by atoms with E-state index in [0.717, 1.165) is 5.92 Å². The van der Waals surface area contributed by atoms with Crippen molar-refractivity contribution in [2.24, 2.45) is 23.0 Å². The Hall–Kier alpha value is -0.0400. The minimum absolute atomic E-state index is 0.116. The van der Waals surface area contributed by atoms with Crippen LogP contribution in [0.1, 0.15) is 79.6 Å². The van der Waals surface area contributed by atoms with Crippen LogP contribution in [-0.2, 0) is 0 Å². The first-order chi connectivity index (χ1) is 7.76. The van der Waals surface area contributed by atoms with Gasteiger partial charge in [0.05, 0.1) is 0 Å². The molecule has 0 aliphatic heterocycles. The highest BCUT2D eigenvalue weighted by Crippen LogP contribution is 2.45. The van der Waals surface area contributed by atoms with E-state index in [1.807, 2.05) is 0 Å². The third-order valence-electron chi connectivity index (χ3n) is 4.55. The van der Waals surface area contributed by atoms with Crippen molar-refractivity contribution < 1.29 is 0 Å². The molecular formula is C16H33N. The van der Waals surface area contributed by atoms with Crippen molar-refractivity contribution in [2.75, 3.05) is 0 Å². The summed E-state index contributed by atoms with van der Waals surface area (Å²) in [6, 6.07) is 0. The fraction of sp³-hybridized carbons (Fsp3) is 1.00. The minimum Gasteiger partial charge on any atom is -0.325 e. The van der Waals surface area contributed by atoms with Crippen LogP contribution in [0.15, 0.2) is 0 Å². The molecule has 0 spiro atoms. The Labute approximate surface area is 109 Å². The number of hydrogen-bond donors (Lipinski definition) is 1.